The molecule has 3 heterocycles. The number of fused-ring (bicyclic) bond motifs is 1. The summed E-state index contributed by atoms with van der Waals surface area (Å²) in [6.07, 6.45) is 4.67. The summed E-state index contributed by atoms with van der Waals surface area (Å²) in [5.41, 5.74) is 3.13. The van der Waals surface area contributed by atoms with Crippen molar-refractivity contribution in [1.82, 2.24) is 19.5 Å². The van der Waals surface area contributed by atoms with Gasteiger partial charge in [0, 0.05) is 29.9 Å². The van der Waals surface area contributed by atoms with Crippen molar-refractivity contribution in [2.24, 2.45) is 0 Å². The van der Waals surface area contributed by atoms with Crippen LogP contribution in [-0.2, 0) is 5.41 Å². The molecule has 158 valence electrons. The van der Waals surface area contributed by atoms with Crippen LogP contribution in [0.25, 0.3) is 16.8 Å². The van der Waals surface area contributed by atoms with E-state index in [1.807, 2.05) is 54.6 Å². The number of hydrogen-bond donors (Lipinski definition) is 0. The van der Waals surface area contributed by atoms with Gasteiger partial charge in [0.25, 0.3) is 5.91 Å². The summed E-state index contributed by atoms with van der Waals surface area (Å²) in [7, 11) is 0. The fraction of sp³-hybridized carbons (Fsp3) is 0.200. The number of carbonyl (C=O) groups excluding carboxylic acids is 1. The number of likely N-dealkylation sites (tertiary alicyclic amines) is 1. The maximum Gasteiger partial charge on any atom is 0.272 e. The molecule has 0 saturated carbocycles. The molecule has 0 radical (unpaired) electrons. The smallest absolute Gasteiger partial charge is 0.272 e. The number of halogens is 1. The van der Waals surface area contributed by atoms with Crippen LogP contribution in [0.4, 0.5) is 0 Å². The molecule has 0 atom stereocenters. The fourth-order valence-corrected chi connectivity index (χ4v) is 4.51. The van der Waals surface area contributed by atoms with Gasteiger partial charge in [0.2, 0.25) is 0 Å². The number of benzene rings is 2. The summed E-state index contributed by atoms with van der Waals surface area (Å²) in [6.45, 7) is 1.02. The van der Waals surface area contributed by atoms with Crippen molar-refractivity contribution in [3.05, 3.63) is 89.3 Å². The Kier molecular flexibility index (Phi) is 5.12. The number of piperidine rings is 1. The average molecular weight is 442 g/mol. The van der Waals surface area contributed by atoms with Crippen LogP contribution >= 0.6 is 11.6 Å². The van der Waals surface area contributed by atoms with Gasteiger partial charge in [0.15, 0.2) is 5.65 Å². The van der Waals surface area contributed by atoms with E-state index in [1.54, 1.807) is 27.9 Å². The summed E-state index contributed by atoms with van der Waals surface area (Å²) >= 11 is 6.14. The number of amides is 1. The molecule has 1 saturated heterocycles. The van der Waals surface area contributed by atoms with E-state index in [0.717, 1.165) is 16.7 Å². The van der Waals surface area contributed by atoms with E-state index in [9.17, 15) is 10.1 Å². The van der Waals surface area contributed by atoms with Crippen molar-refractivity contribution in [2.45, 2.75) is 18.3 Å². The van der Waals surface area contributed by atoms with Gasteiger partial charge in [-0.3, -0.25) is 4.79 Å². The summed E-state index contributed by atoms with van der Waals surface area (Å²) in [5.74, 6) is -0.134. The van der Waals surface area contributed by atoms with Crippen molar-refractivity contribution in [3.63, 3.8) is 0 Å². The lowest BCUT2D eigenvalue weighted by atomic mass is 9.74. The first-order chi connectivity index (χ1) is 15.6. The van der Waals surface area contributed by atoms with Gasteiger partial charge in [0.1, 0.15) is 5.69 Å². The first-order valence-electron chi connectivity index (χ1n) is 10.5. The van der Waals surface area contributed by atoms with Crippen molar-refractivity contribution >= 4 is 23.2 Å². The predicted molar refractivity (Wildman–Crippen MR) is 122 cm³/mol. The lowest BCUT2D eigenvalue weighted by molar-refractivity contribution is 0.0686. The number of carbonyl (C=O) groups is 1. The van der Waals surface area contributed by atoms with Crippen molar-refractivity contribution in [1.29, 1.82) is 5.26 Å². The summed E-state index contributed by atoms with van der Waals surface area (Å²) in [6, 6.07) is 21.5. The van der Waals surface area contributed by atoms with Crippen LogP contribution in [0.2, 0.25) is 5.02 Å². The quantitative estimate of drug-likeness (QED) is 0.460. The highest BCUT2D eigenvalue weighted by atomic mass is 35.5. The van der Waals surface area contributed by atoms with Crippen LogP contribution < -0.4 is 0 Å². The van der Waals surface area contributed by atoms with Crippen LogP contribution in [0.5, 0.6) is 0 Å². The van der Waals surface area contributed by atoms with E-state index in [1.165, 1.54) is 0 Å². The molecule has 5 rings (SSSR count). The first kappa shape index (κ1) is 20.2. The Hall–Kier alpha value is -3.69. The molecule has 1 amide bonds. The fourth-order valence-electron chi connectivity index (χ4n) is 4.32. The highest BCUT2D eigenvalue weighted by molar-refractivity contribution is 6.30. The Morgan fingerprint density at radius 2 is 1.84 bits per heavy atom. The standard InChI is InChI=1S/C25H20ClN5O/c26-20-8-4-5-18(15-20)21-16-28-31-12-9-22(29-23(21)31)24(32)30-13-10-25(17-27,11-14-30)19-6-2-1-3-7-19/h1-9,12,15-16H,10-11,13-14H2. The molecule has 0 N–H and O–H groups in total. The largest absolute Gasteiger partial charge is 0.337 e. The third kappa shape index (κ3) is 3.51. The van der Waals surface area contributed by atoms with E-state index >= 15 is 0 Å². The molecule has 0 aliphatic carbocycles. The van der Waals surface area contributed by atoms with Gasteiger partial charge >= 0.3 is 0 Å². The van der Waals surface area contributed by atoms with E-state index in [0.29, 0.717) is 42.3 Å². The van der Waals surface area contributed by atoms with Crippen LogP contribution in [0.3, 0.4) is 0 Å². The molecule has 0 unspecified atom stereocenters. The average Bonchev–Trinajstić information content (AvgIpc) is 3.27. The van der Waals surface area contributed by atoms with Gasteiger partial charge in [-0.25, -0.2) is 9.50 Å². The Bertz CT molecular complexity index is 1330. The molecule has 0 spiro atoms. The zero-order chi connectivity index (χ0) is 22.1. The lowest BCUT2D eigenvalue weighted by Crippen LogP contribution is -2.44. The minimum absolute atomic E-state index is 0.134. The molecule has 2 aromatic heterocycles. The number of nitrogens with zero attached hydrogens (tertiary/aromatic N) is 5. The number of hydrogen-bond acceptors (Lipinski definition) is 4. The Morgan fingerprint density at radius 1 is 1.06 bits per heavy atom. The molecular weight excluding hydrogens is 422 g/mol. The molecule has 1 fully saturated rings. The lowest BCUT2D eigenvalue weighted by Gasteiger charge is -2.37. The second-order valence-corrected chi connectivity index (χ2v) is 8.44. The van der Waals surface area contributed by atoms with E-state index in [4.69, 9.17) is 11.6 Å². The van der Waals surface area contributed by atoms with Gasteiger partial charge in [-0.2, -0.15) is 10.4 Å². The number of rotatable bonds is 3. The SMILES string of the molecule is N#CC1(c2ccccc2)CCN(C(=O)c2ccn3ncc(-c4cccc(Cl)c4)c3n2)CC1. The number of aromatic nitrogens is 3. The predicted octanol–water partition coefficient (Wildman–Crippen LogP) is 4.75. The van der Waals surface area contributed by atoms with Gasteiger partial charge in [0.05, 0.1) is 17.7 Å². The maximum absolute atomic E-state index is 13.2. The van der Waals surface area contributed by atoms with Crippen molar-refractivity contribution in [2.75, 3.05) is 13.1 Å². The monoisotopic (exact) mass is 441 g/mol. The highest BCUT2D eigenvalue weighted by Crippen LogP contribution is 2.35. The van der Waals surface area contributed by atoms with Crippen LogP contribution in [-0.4, -0.2) is 38.5 Å². The molecule has 6 nitrogen and oxygen atoms in total. The molecule has 2 aromatic carbocycles. The second kappa shape index (κ2) is 8.10. The normalized spacial score (nSPS) is 15.4. The molecule has 4 aromatic rings. The molecular formula is C25H20ClN5O. The molecule has 0 bridgehead atoms. The first-order valence-corrected chi connectivity index (χ1v) is 10.8. The molecule has 7 heteroatoms. The summed E-state index contributed by atoms with van der Waals surface area (Å²) in [4.78, 5) is 19.6. The van der Waals surface area contributed by atoms with E-state index in [-0.39, 0.29) is 5.91 Å². The van der Waals surface area contributed by atoms with Gasteiger partial charge in [-0.05, 0) is 42.2 Å². The highest BCUT2D eigenvalue weighted by Gasteiger charge is 2.38. The van der Waals surface area contributed by atoms with Gasteiger partial charge in [-0.1, -0.05) is 54.1 Å². The maximum atomic E-state index is 13.2. The van der Waals surface area contributed by atoms with E-state index < -0.39 is 5.41 Å². The minimum Gasteiger partial charge on any atom is -0.337 e. The number of nitriles is 1. The molecule has 32 heavy (non-hydrogen) atoms. The Balaban J connectivity index is 1.40. The second-order valence-electron chi connectivity index (χ2n) is 8.00. The summed E-state index contributed by atoms with van der Waals surface area (Å²) < 4.78 is 1.65. The third-order valence-corrected chi connectivity index (χ3v) is 6.40. The van der Waals surface area contributed by atoms with Crippen molar-refractivity contribution in [3.8, 4) is 17.2 Å². The zero-order valence-electron chi connectivity index (χ0n) is 17.3. The van der Waals surface area contributed by atoms with E-state index in [2.05, 4.69) is 16.2 Å². The topological polar surface area (TPSA) is 74.3 Å². The molecule has 1 aliphatic heterocycles. The third-order valence-electron chi connectivity index (χ3n) is 6.17. The van der Waals surface area contributed by atoms with Crippen LogP contribution in [0, 0.1) is 11.3 Å². The Labute approximate surface area is 190 Å². The Morgan fingerprint density at radius 3 is 2.56 bits per heavy atom. The zero-order valence-corrected chi connectivity index (χ0v) is 18.0. The van der Waals surface area contributed by atoms with Gasteiger partial charge in [-0.15, -0.1) is 0 Å². The molecule has 1 aliphatic rings. The van der Waals surface area contributed by atoms with Crippen LogP contribution in [0.1, 0.15) is 28.9 Å². The minimum atomic E-state index is -0.555. The van der Waals surface area contributed by atoms with Gasteiger partial charge < -0.3 is 4.90 Å². The van der Waals surface area contributed by atoms with Crippen molar-refractivity contribution < 1.29 is 4.79 Å². The van der Waals surface area contributed by atoms with Crippen LogP contribution in [0.15, 0.2) is 73.1 Å². The summed E-state index contributed by atoms with van der Waals surface area (Å²) in [5, 5.41) is 14.9.